The number of carboxylic acid groups (broad SMARTS) is 1. The summed E-state index contributed by atoms with van der Waals surface area (Å²) in [6, 6.07) is 17.9. The third-order valence-electron chi connectivity index (χ3n) is 5.47. The molecule has 0 aliphatic heterocycles. The molecule has 3 N–H and O–H groups in total. The summed E-state index contributed by atoms with van der Waals surface area (Å²) in [6.07, 6.45) is -0.798. The number of halogens is 1. The first-order chi connectivity index (χ1) is 15.8. The molecule has 0 fully saturated rings. The highest BCUT2D eigenvalue weighted by atomic mass is 19.1. The summed E-state index contributed by atoms with van der Waals surface area (Å²) in [6.45, 7) is 1.37. The number of hydrogen-bond donors (Lipinski definition) is 3. The molecule has 0 saturated carbocycles. The molecule has 2 amide bonds. The number of anilines is 1. The van der Waals surface area contributed by atoms with E-state index < -0.39 is 29.8 Å². The standard InChI is InChI=1S/C25H21FN2O5/c1-14(24(30)31)27-23(29)15-10-16(26)12-17(11-15)28-25(32)33-13-22-20-8-4-2-6-18(20)19-7-3-5-9-21(19)22/h2-12,14,22H,13H2,1H3,(H,27,29)(H,28,32)(H,30,31). The largest absolute Gasteiger partial charge is 0.480 e. The van der Waals surface area contributed by atoms with Crippen LogP contribution in [-0.4, -0.2) is 35.7 Å². The highest BCUT2D eigenvalue weighted by Crippen LogP contribution is 2.44. The van der Waals surface area contributed by atoms with Crippen LogP contribution in [0.4, 0.5) is 14.9 Å². The SMILES string of the molecule is CC(NC(=O)c1cc(F)cc(NC(=O)OCC2c3ccccc3-c3ccccc32)c1)C(=O)O. The molecule has 8 heteroatoms. The zero-order valence-electron chi connectivity index (χ0n) is 17.7. The molecule has 0 radical (unpaired) electrons. The van der Waals surface area contributed by atoms with Crippen molar-refractivity contribution < 1.29 is 28.6 Å². The molecule has 1 unspecified atom stereocenters. The number of carboxylic acids is 1. The van der Waals surface area contributed by atoms with E-state index in [9.17, 15) is 18.8 Å². The summed E-state index contributed by atoms with van der Waals surface area (Å²) in [4.78, 5) is 35.5. The first-order valence-electron chi connectivity index (χ1n) is 10.3. The van der Waals surface area contributed by atoms with Gasteiger partial charge in [-0.2, -0.15) is 0 Å². The molecular formula is C25H21FN2O5. The highest BCUT2D eigenvalue weighted by Gasteiger charge is 2.29. The van der Waals surface area contributed by atoms with E-state index >= 15 is 0 Å². The summed E-state index contributed by atoms with van der Waals surface area (Å²) in [5.74, 6) is -2.90. The van der Waals surface area contributed by atoms with Crippen LogP contribution < -0.4 is 10.6 Å². The lowest BCUT2D eigenvalue weighted by Gasteiger charge is -2.15. The van der Waals surface area contributed by atoms with Gasteiger partial charge >= 0.3 is 12.1 Å². The Morgan fingerprint density at radius 2 is 1.61 bits per heavy atom. The second kappa shape index (κ2) is 9.12. The normalized spacial score (nSPS) is 12.9. The molecule has 7 nitrogen and oxygen atoms in total. The first-order valence-corrected chi connectivity index (χ1v) is 10.3. The Kier molecular flexibility index (Phi) is 6.08. The minimum atomic E-state index is -1.23. The van der Waals surface area contributed by atoms with Gasteiger partial charge in [-0.3, -0.25) is 14.9 Å². The van der Waals surface area contributed by atoms with Crippen molar-refractivity contribution in [1.82, 2.24) is 5.32 Å². The van der Waals surface area contributed by atoms with Gasteiger partial charge in [0.05, 0.1) is 0 Å². The second-order valence-corrected chi connectivity index (χ2v) is 7.71. The van der Waals surface area contributed by atoms with Gasteiger partial charge < -0.3 is 15.2 Å². The molecule has 0 heterocycles. The van der Waals surface area contributed by atoms with E-state index in [1.165, 1.54) is 13.0 Å². The third-order valence-corrected chi connectivity index (χ3v) is 5.47. The summed E-state index contributed by atoms with van der Waals surface area (Å²) in [5, 5.41) is 13.6. The van der Waals surface area contributed by atoms with E-state index in [2.05, 4.69) is 10.6 Å². The van der Waals surface area contributed by atoms with Gasteiger partial charge in [-0.05, 0) is 47.4 Å². The van der Waals surface area contributed by atoms with Crippen LogP contribution in [0, 0.1) is 5.82 Å². The molecule has 3 aromatic carbocycles. The average molecular weight is 448 g/mol. The lowest BCUT2D eigenvalue weighted by atomic mass is 9.98. The number of rotatable bonds is 6. The maximum absolute atomic E-state index is 14.0. The van der Waals surface area contributed by atoms with Crippen LogP contribution in [0.3, 0.4) is 0 Å². The van der Waals surface area contributed by atoms with Crippen LogP contribution in [0.25, 0.3) is 11.1 Å². The van der Waals surface area contributed by atoms with Crippen molar-refractivity contribution in [3.63, 3.8) is 0 Å². The fourth-order valence-electron chi connectivity index (χ4n) is 3.89. The van der Waals surface area contributed by atoms with E-state index in [1.807, 2.05) is 48.5 Å². The maximum Gasteiger partial charge on any atom is 0.411 e. The van der Waals surface area contributed by atoms with Crippen molar-refractivity contribution >= 4 is 23.7 Å². The predicted molar refractivity (Wildman–Crippen MR) is 120 cm³/mol. The van der Waals surface area contributed by atoms with Gasteiger partial charge in [-0.1, -0.05) is 48.5 Å². The highest BCUT2D eigenvalue weighted by molar-refractivity contribution is 5.98. The Bertz CT molecular complexity index is 1200. The van der Waals surface area contributed by atoms with Crippen molar-refractivity contribution in [1.29, 1.82) is 0 Å². The Labute approximate surface area is 189 Å². The van der Waals surface area contributed by atoms with Crippen LogP contribution in [0.15, 0.2) is 66.7 Å². The third kappa shape index (κ3) is 4.69. The number of carbonyl (C=O) groups excluding carboxylic acids is 2. The first kappa shape index (κ1) is 22.0. The minimum absolute atomic E-state index is 0.0142. The van der Waals surface area contributed by atoms with Gasteiger partial charge in [-0.25, -0.2) is 9.18 Å². The molecule has 0 bridgehead atoms. The van der Waals surface area contributed by atoms with Crippen molar-refractivity contribution in [2.24, 2.45) is 0 Å². The van der Waals surface area contributed by atoms with Gasteiger partial charge in [0.1, 0.15) is 18.5 Å². The van der Waals surface area contributed by atoms with Crippen LogP contribution >= 0.6 is 0 Å². The van der Waals surface area contributed by atoms with Gasteiger partial charge in [0.15, 0.2) is 0 Å². The van der Waals surface area contributed by atoms with Crippen LogP contribution in [0.2, 0.25) is 0 Å². The minimum Gasteiger partial charge on any atom is -0.480 e. The van der Waals surface area contributed by atoms with E-state index in [1.54, 1.807) is 0 Å². The van der Waals surface area contributed by atoms with Crippen molar-refractivity contribution in [3.8, 4) is 11.1 Å². The fourth-order valence-corrected chi connectivity index (χ4v) is 3.89. The lowest BCUT2D eigenvalue weighted by molar-refractivity contribution is -0.138. The van der Waals surface area contributed by atoms with Crippen LogP contribution in [0.1, 0.15) is 34.3 Å². The van der Waals surface area contributed by atoms with Crippen LogP contribution in [-0.2, 0) is 9.53 Å². The number of benzene rings is 3. The zero-order valence-corrected chi connectivity index (χ0v) is 17.7. The number of amides is 2. The van der Waals surface area contributed by atoms with E-state index in [0.29, 0.717) is 0 Å². The Hall–Kier alpha value is -4.20. The molecule has 1 aliphatic carbocycles. The lowest BCUT2D eigenvalue weighted by Crippen LogP contribution is -2.38. The molecule has 1 aliphatic rings. The smallest absolute Gasteiger partial charge is 0.411 e. The summed E-state index contributed by atoms with van der Waals surface area (Å²) < 4.78 is 19.4. The van der Waals surface area contributed by atoms with Gasteiger partial charge in [0, 0.05) is 17.2 Å². The topological polar surface area (TPSA) is 105 Å². The maximum atomic E-state index is 14.0. The molecule has 0 aromatic heterocycles. The van der Waals surface area contributed by atoms with Crippen molar-refractivity contribution in [2.75, 3.05) is 11.9 Å². The second-order valence-electron chi connectivity index (χ2n) is 7.71. The molecule has 33 heavy (non-hydrogen) atoms. The van der Waals surface area contributed by atoms with Crippen molar-refractivity contribution in [3.05, 3.63) is 89.2 Å². The summed E-state index contributed by atoms with van der Waals surface area (Å²) in [7, 11) is 0. The number of nitrogens with one attached hydrogen (secondary N) is 2. The Morgan fingerprint density at radius 3 is 2.21 bits per heavy atom. The quantitative estimate of drug-likeness (QED) is 0.519. The van der Waals surface area contributed by atoms with Gasteiger partial charge in [-0.15, -0.1) is 0 Å². The number of hydrogen-bond acceptors (Lipinski definition) is 4. The molecule has 1 atom stereocenters. The summed E-state index contributed by atoms with van der Waals surface area (Å²) >= 11 is 0. The zero-order chi connectivity index (χ0) is 23.5. The number of ether oxygens (including phenoxy) is 1. The number of aliphatic carboxylic acids is 1. The van der Waals surface area contributed by atoms with E-state index in [4.69, 9.17) is 9.84 Å². The Morgan fingerprint density at radius 1 is 1.00 bits per heavy atom. The number of carbonyl (C=O) groups is 3. The molecule has 168 valence electrons. The van der Waals surface area contributed by atoms with Crippen LogP contribution in [0.5, 0.6) is 0 Å². The van der Waals surface area contributed by atoms with Gasteiger partial charge in [0.25, 0.3) is 5.91 Å². The van der Waals surface area contributed by atoms with E-state index in [0.717, 1.165) is 34.4 Å². The molecule has 4 rings (SSSR count). The molecule has 3 aromatic rings. The Balaban J connectivity index is 1.44. The van der Waals surface area contributed by atoms with E-state index in [-0.39, 0.29) is 23.8 Å². The molecule has 0 spiro atoms. The number of fused-ring (bicyclic) bond motifs is 3. The van der Waals surface area contributed by atoms with Crippen molar-refractivity contribution in [2.45, 2.75) is 18.9 Å². The van der Waals surface area contributed by atoms with Gasteiger partial charge in [0.2, 0.25) is 0 Å². The average Bonchev–Trinajstić information content (AvgIpc) is 3.11. The molecular weight excluding hydrogens is 427 g/mol. The monoisotopic (exact) mass is 448 g/mol. The summed E-state index contributed by atoms with van der Waals surface area (Å²) in [5.41, 5.74) is 4.20. The molecule has 0 saturated heterocycles. The predicted octanol–water partition coefficient (Wildman–Crippen LogP) is 4.39. The fraction of sp³-hybridized carbons (Fsp3) is 0.160.